The number of carboxylic acid groups (broad SMARTS) is 1. The summed E-state index contributed by atoms with van der Waals surface area (Å²) in [7, 11) is 1.39. The maximum Gasteiger partial charge on any atom is 0.304 e. The van der Waals surface area contributed by atoms with Crippen molar-refractivity contribution in [3.05, 3.63) is 34.9 Å². The average Bonchev–Trinajstić information content (AvgIpc) is 2.23. The van der Waals surface area contributed by atoms with Gasteiger partial charge in [-0.2, -0.15) is 0 Å². The van der Waals surface area contributed by atoms with Crippen molar-refractivity contribution in [3.63, 3.8) is 0 Å². The van der Waals surface area contributed by atoms with Crippen molar-refractivity contribution in [3.8, 4) is 0 Å². The summed E-state index contributed by atoms with van der Waals surface area (Å²) in [5, 5.41) is 8.77. The molecule has 0 atom stereocenters. The van der Waals surface area contributed by atoms with Crippen LogP contribution in [0.4, 0.5) is 8.78 Å². The lowest BCUT2D eigenvalue weighted by Gasteiger charge is -2.24. The maximum absolute atomic E-state index is 13.9. The van der Waals surface area contributed by atoms with E-state index in [2.05, 4.69) is 0 Å². The van der Waals surface area contributed by atoms with Gasteiger partial charge < -0.3 is 9.84 Å². The Bertz CT molecular complexity index is 456. The Morgan fingerprint density at radius 1 is 1.33 bits per heavy atom. The third-order valence-electron chi connectivity index (χ3n) is 2.78. The van der Waals surface area contributed by atoms with Crippen molar-refractivity contribution < 1.29 is 23.4 Å². The molecular formula is C13H16F2O3. The van der Waals surface area contributed by atoms with Crippen LogP contribution >= 0.6 is 0 Å². The first kappa shape index (κ1) is 14.6. The van der Waals surface area contributed by atoms with Crippen LogP contribution in [0.5, 0.6) is 0 Å². The summed E-state index contributed by atoms with van der Waals surface area (Å²) in [5.74, 6) is -3.04. The maximum atomic E-state index is 13.9. The first-order valence-electron chi connectivity index (χ1n) is 5.47. The van der Waals surface area contributed by atoms with E-state index in [9.17, 15) is 13.6 Å². The van der Waals surface area contributed by atoms with Crippen molar-refractivity contribution in [2.75, 3.05) is 7.11 Å². The van der Waals surface area contributed by atoms with E-state index in [1.165, 1.54) is 19.2 Å². The molecule has 100 valence electrons. The lowest BCUT2D eigenvalue weighted by Crippen LogP contribution is -2.24. The molecule has 0 saturated heterocycles. The van der Waals surface area contributed by atoms with Gasteiger partial charge in [0, 0.05) is 18.1 Å². The van der Waals surface area contributed by atoms with Crippen LogP contribution in [0, 0.1) is 11.6 Å². The zero-order chi connectivity index (χ0) is 13.9. The Balaban J connectivity index is 3.19. The van der Waals surface area contributed by atoms with E-state index < -0.39 is 23.0 Å². The SMILES string of the molecule is COCc1ccc(C(C)(C)CC(=O)O)c(F)c1F. The molecule has 0 aliphatic rings. The number of ether oxygens (including phenoxy) is 1. The number of carboxylic acids is 1. The topological polar surface area (TPSA) is 46.5 Å². The number of hydrogen-bond donors (Lipinski definition) is 1. The van der Waals surface area contributed by atoms with Crippen molar-refractivity contribution in [1.82, 2.24) is 0 Å². The Kier molecular flexibility index (Phi) is 4.40. The van der Waals surface area contributed by atoms with Crippen LogP contribution in [0.2, 0.25) is 0 Å². The van der Waals surface area contributed by atoms with Crippen molar-refractivity contribution in [1.29, 1.82) is 0 Å². The highest BCUT2D eigenvalue weighted by molar-refractivity contribution is 5.68. The third-order valence-corrected chi connectivity index (χ3v) is 2.78. The number of carbonyl (C=O) groups is 1. The normalized spacial score (nSPS) is 11.6. The fourth-order valence-corrected chi connectivity index (χ4v) is 1.85. The van der Waals surface area contributed by atoms with Gasteiger partial charge in [0.05, 0.1) is 13.0 Å². The lowest BCUT2D eigenvalue weighted by atomic mass is 9.81. The molecule has 0 aliphatic heterocycles. The van der Waals surface area contributed by atoms with Crippen LogP contribution in [0.25, 0.3) is 0 Å². The Morgan fingerprint density at radius 3 is 2.44 bits per heavy atom. The van der Waals surface area contributed by atoms with E-state index in [0.29, 0.717) is 0 Å². The first-order chi connectivity index (χ1) is 8.29. The predicted molar refractivity (Wildman–Crippen MR) is 62.3 cm³/mol. The molecular weight excluding hydrogens is 242 g/mol. The molecule has 0 aliphatic carbocycles. The average molecular weight is 258 g/mol. The van der Waals surface area contributed by atoms with Crippen LogP contribution in [0.3, 0.4) is 0 Å². The fraction of sp³-hybridized carbons (Fsp3) is 0.462. The lowest BCUT2D eigenvalue weighted by molar-refractivity contribution is -0.138. The van der Waals surface area contributed by atoms with Crippen LogP contribution < -0.4 is 0 Å². The van der Waals surface area contributed by atoms with Gasteiger partial charge in [-0.15, -0.1) is 0 Å². The standard InChI is InChI=1S/C13H16F2O3/c1-13(2,6-10(16)17)9-5-4-8(7-18-3)11(14)12(9)15/h4-5H,6-7H2,1-3H3,(H,16,17). The summed E-state index contributed by atoms with van der Waals surface area (Å²) < 4.78 is 32.4. The van der Waals surface area contributed by atoms with Gasteiger partial charge >= 0.3 is 5.97 Å². The second-order valence-corrected chi connectivity index (χ2v) is 4.79. The van der Waals surface area contributed by atoms with E-state index in [4.69, 9.17) is 9.84 Å². The number of benzene rings is 1. The molecule has 1 N–H and O–H groups in total. The fourth-order valence-electron chi connectivity index (χ4n) is 1.85. The molecule has 1 aromatic rings. The molecule has 0 heterocycles. The molecule has 1 aromatic carbocycles. The van der Waals surface area contributed by atoms with Crippen molar-refractivity contribution >= 4 is 5.97 Å². The molecule has 0 bridgehead atoms. The van der Waals surface area contributed by atoms with Crippen LogP contribution in [0.1, 0.15) is 31.4 Å². The molecule has 1 rings (SSSR count). The molecule has 0 spiro atoms. The van der Waals surface area contributed by atoms with Gasteiger partial charge in [0.2, 0.25) is 0 Å². The number of aliphatic carboxylic acids is 1. The molecule has 0 unspecified atom stereocenters. The minimum absolute atomic E-state index is 0.0254. The van der Waals surface area contributed by atoms with E-state index >= 15 is 0 Å². The monoisotopic (exact) mass is 258 g/mol. The van der Waals surface area contributed by atoms with E-state index in [1.54, 1.807) is 13.8 Å². The second kappa shape index (κ2) is 5.44. The molecule has 0 radical (unpaired) electrons. The van der Waals surface area contributed by atoms with Gasteiger partial charge in [-0.05, 0) is 5.56 Å². The molecule has 0 fully saturated rings. The molecule has 5 heteroatoms. The summed E-state index contributed by atoms with van der Waals surface area (Å²) in [6, 6.07) is 2.83. The Morgan fingerprint density at radius 2 is 1.94 bits per heavy atom. The van der Waals surface area contributed by atoms with Crippen LogP contribution in [0.15, 0.2) is 12.1 Å². The van der Waals surface area contributed by atoms with Gasteiger partial charge in [-0.25, -0.2) is 8.78 Å². The van der Waals surface area contributed by atoms with Gasteiger partial charge in [0.1, 0.15) is 0 Å². The smallest absolute Gasteiger partial charge is 0.304 e. The number of rotatable bonds is 5. The zero-order valence-corrected chi connectivity index (χ0v) is 10.6. The summed E-state index contributed by atoms with van der Waals surface area (Å²) in [4.78, 5) is 10.7. The van der Waals surface area contributed by atoms with Gasteiger partial charge in [0.15, 0.2) is 11.6 Å². The third kappa shape index (κ3) is 3.04. The number of halogens is 2. The highest BCUT2D eigenvalue weighted by atomic mass is 19.2. The number of methoxy groups -OCH3 is 1. The second-order valence-electron chi connectivity index (χ2n) is 4.79. The zero-order valence-electron chi connectivity index (χ0n) is 10.6. The molecule has 0 amide bonds. The highest BCUT2D eigenvalue weighted by Crippen LogP contribution is 2.31. The summed E-state index contributed by atoms with van der Waals surface area (Å²) in [6.07, 6.45) is -0.271. The Labute approximate surface area is 104 Å². The first-order valence-corrected chi connectivity index (χ1v) is 5.47. The summed E-state index contributed by atoms with van der Waals surface area (Å²) in [5.41, 5.74) is -0.797. The quantitative estimate of drug-likeness (QED) is 0.883. The van der Waals surface area contributed by atoms with E-state index in [-0.39, 0.29) is 24.2 Å². The largest absolute Gasteiger partial charge is 0.481 e. The minimum atomic E-state index is -1.05. The molecule has 18 heavy (non-hydrogen) atoms. The van der Waals surface area contributed by atoms with Crippen molar-refractivity contribution in [2.45, 2.75) is 32.3 Å². The number of hydrogen-bond acceptors (Lipinski definition) is 2. The van der Waals surface area contributed by atoms with Gasteiger partial charge in [0.25, 0.3) is 0 Å². The molecule has 3 nitrogen and oxygen atoms in total. The van der Waals surface area contributed by atoms with Crippen LogP contribution in [-0.2, 0) is 21.6 Å². The molecule has 0 aromatic heterocycles. The van der Waals surface area contributed by atoms with Crippen LogP contribution in [-0.4, -0.2) is 18.2 Å². The predicted octanol–water partition coefficient (Wildman–Crippen LogP) is 2.86. The highest BCUT2D eigenvalue weighted by Gasteiger charge is 2.29. The van der Waals surface area contributed by atoms with E-state index in [1.807, 2.05) is 0 Å². The van der Waals surface area contributed by atoms with Gasteiger partial charge in [-0.1, -0.05) is 26.0 Å². The minimum Gasteiger partial charge on any atom is -0.481 e. The van der Waals surface area contributed by atoms with Crippen molar-refractivity contribution in [2.24, 2.45) is 0 Å². The summed E-state index contributed by atoms with van der Waals surface area (Å²) in [6.45, 7) is 3.10. The van der Waals surface area contributed by atoms with E-state index in [0.717, 1.165) is 0 Å². The van der Waals surface area contributed by atoms with Gasteiger partial charge in [-0.3, -0.25) is 4.79 Å². The molecule has 0 saturated carbocycles. The Hall–Kier alpha value is -1.49. The summed E-state index contributed by atoms with van der Waals surface area (Å²) >= 11 is 0.